The number of aromatic amines is 1. The van der Waals surface area contributed by atoms with Crippen molar-refractivity contribution in [3.8, 4) is 0 Å². The van der Waals surface area contributed by atoms with Gasteiger partial charge in [-0.25, -0.2) is 0 Å². The first-order chi connectivity index (χ1) is 9.20. The normalized spacial score (nSPS) is 12.0. The maximum absolute atomic E-state index is 3.67. The molecule has 0 bridgehead atoms. The van der Waals surface area contributed by atoms with Gasteiger partial charge in [-0.1, -0.05) is 0 Å². The summed E-state index contributed by atoms with van der Waals surface area (Å²) < 4.78 is 6.43. The van der Waals surface area contributed by atoms with E-state index in [4.69, 9.17) is 0 Å². The van der Waals surface area contributed by atoms with E-state index in [0.29, 0.717) is 0 Å². The van der Waals surface area contributed by atoms with Gasteiger partial charge in [-0.15, -0.1) is 0 Å². The first-order valence-electron chi connectivity index (χ1n) is 8.34. The minimum atomic E-state index is -2.15. The number of hydrogen-bond acceptors (Lipinski definition) is 0. The summed E-state index contributed by atoms with van der Waals surface area (Å²) in [4.78, 5) is 3.67. The summed E-state index contributed by atoms with van der Waals surface area (Å²) in [6, 6.07) is 2.30. The molecule has 110 valence electrons. The number of nitrogens with one attached hydrogen (secondary N) is 1. The van der Waals surface area contributed by atoms with E-state index in [1.807, 2.05) is 0 Å². The molecule has 0 fully saturated rings. The van der Waals surface area contributed by atoms with Crippen LogP contribution < -0.4 is 3.71 Å². The first kappa shape index (κ1) is 17.1. The minimum absolute atomic E-state index is 1.36. The summed E-state index contributed by atoms with van der Waals surface area (Å²) in [7, 11) is 0. The van der Waals surface area contributed by atoms with Crippen LogP contribution >= 0.6 is 0 Å². The average molecular weight is 370 g/mol. The molecule has 1 aromatic heterocycles. The van der Waals surface area contributed by atoms with Crippen LogP contribution in [0.5, 0.6) is 0 Å². The van der Waals surface area contributed by atoms with E-state index in [1.54, 1.807) is 22.6 Å². The zero-order valence-electron chi connectivity index (χ0n) is 13.5. The Bertz CT molecular complexity index is 321. The average Bonchev–Trinajstić information content (AvgIpc) is 2.85. The number of unbranched alkanes of at least 4 members (excludes halogenated alkanes) is 3. The molecule has 1 rings (SSSR count). The Morgan fingerprint density at radius 1 is 0.895 bits per heavy atom. The summed E-state index contributed by atoms with van der Waals surface area (Å²) in [6.07, 6.45) is 10.6. The molecule has 19 heavy (non-hydrogen) atoms. The molecular weight excluding hydrogens is 337 g/mol. The Labute approximate surface area is 124 Å². The monoisotopic (exact) mass is 371 g/mol. The van der Waals surface area contributed by atoms with Crippen molar-refractivity contribution in [2.75, 3.05) is 0 Å². The molecule has 0 saturated carbocycles. The van der Waals surface area contributed by atoms with Gasteiger partial charge in [0.15, 0.2) is 0 Å². The van der Waals surface area contributed by atoms with Crippen LogP contribution in [0.2, 0.25) is 13.3 Å². The molecule has 0 radical (unpaired) electrons. The molecule has 0 saturated heterocycles. The second-order valence-electron chi connectivity index (χ2n) is 6.13. The molecule has 0 amide bonds. The second-order valence-corrected chi connectivity index (χ2v) is 19.1. The molecule has 0 unspecified atom stereocenters. The molecule has 0 spiro atoms. The number of aromatic nitrogens is 1. The van der Waals surface area contributed by atoms with Crippen LogP contribution in [-0.2, 0) is 0 Å². The summed E-state index contributed by atoms with van der Waals surface area (Å²) in [5.41, 5.74) is 1.55. The SMILES string of the molecule is CCC[CH2][Sn]([CH2]CCC)([CH2]CCC)[c]1[nH]ccc1C. The van der Waals surface area contributed by atoms with Crippen LogP contribution in [0, 0.1) is 6.92 Å². The maximum atomic E-state index is 3.67. The molecular formula is C17H33NSn. The predicted molar refractivity (Wildman–Crippen MR) is 90.1 cm³/mol. The van der Waals surface area contributed by atoms with Gasteiger partial charge >= 0.3 is 124 Å². The number of aryl methyl sites for hydroxylation is 1. The van der Waals surface area contributed by atoms with Crippen molar-refractivity contribution < 1.29 is 0 Å². The van der Waals surface area contributed by atoms with E-state index >= 15 is 0 Å². The van der Waals surface area contributed by atoms with E-state index in [2.05, 4.69) is 44.9 Å². The molecule has 0 aliphatic heterocycles. The van der Waals surface area contributed by atoms with Crippen molar-refractivity contribution in [1.82, 2.24) is 4.98 Å². The molecule has 0 aliphatic carbocycles. The fraction of sp³-hybridized carbons (Fsp3) is 0.765. The fourth-order valence-corrected chi connectivity index (χ4v) is 20.2. The quantitative estimate of drug-likeness (QED) is 0.533. The first-order valence-corrected chi connectivity index (χ1v) is 15.8. The van der Waals surface area contributed by atoms with Gasteiger partial charge in [0.1, 0.15) is 0 Å². The van der Waals surface area contributed by atoms with Crippen LogP contribution in [0.1, 0.15) is 64.9 Å². The summed E-state index contributed by atoms with van der Waals surface area (Å²) in [5, 5.41) is 0. The van der Waals surface area contributed by atoms with Gasteiger partial charge in [-0.3, -0.25) is 0 Å². The summed E-state index contributed by atoms with van der Waals surface area (Å²) in [6.45, 7) is 9.36. The van der Waals surface area contributed by atoms with Crippen molar-refractivity contribution in [2.45, 2.75) is 79.5 Å². The third-order valence-electron chi connectivity index (χ3n) is 4.51. The van der Waals surface area contributed by atoms with Gasteiger partial charge < -0.3 is 0 Å². The predicted octanol–water partition coefficient (Wildman–Crippen LogP) is 5.38. The van der Waals surface area contributed by atoms with E-state index in [-0.39, 0.29) is 0 Å². The van der Waals surface area contributed by atoms with Crippen molar-refractivity contribution in [2.24, 2.45) is 0 Å². The zero-order valence-corrected chi connectivity index (χ0v) is 16.4. The van der Waals surface area contributed by atoms with E-state index < -0.39 is 18.4 Å². The van der Waals surface area contributed by atoms with E-state index in [9.17, 15) is 0 Å². The van der Waals surface area contributed by atoms with Crippen LogP contribution in [-0.4, -0.2) is 23.4 Å². The number of H-pyrrole nitrogens is 1. The van der Waals surface area contributed by atoms with Crippen molar-refractivity contribution in [3.05, 3.63) is 17.8 Å². The molecule has 0 aliphatic rings. The van der Waals surface area contributed by atoms with Crippen molar-refractivity contribution in [1.29, 1.82) is 0 Å². The molecule has 1 nitrogen and oxygen atoms in total. The Balaban J connectivity index is 2.97. The molecule has 0 aromatic carbocycles. The fourth-order valence-electron chi connectivity index (χ4n) is 3.31. The topological polar surface area (TPSA) is 15.8 Å². The van der Waals surface area contributed by atoms with Crippen LogP contribution in [0.25, 0.3) is 0 Å². The van der Waals surface area contributed by atoms with Gasteiger partial charge in [0.25, 0.3) is 0 Å². The van der Waals surface area contributed by atoms with Crippen LogP contribution in [0.15, 0.2) is 12.3 Å². The molecule has 1 N–H and O–H groups in total. The zero-order chi connectivity index (χ0) is 14.1. The van der Waals surface area contributed by atoms with Gasteiger partial charge in [-0.05, 0) is 0 Å². The third kappa shape index (κ3) is 4.84. The van der Waals surface area contributed by atoms with Gasteiger partial charge in [0.05, 0.1) is 0 Å². The third-order valence-corrected chi connectivity index (χ3v) is 20.3. The molecule has 1 aromatic rings. The van der Waals surface area contributed by atoms with Crippen molar-refractivity contribution >= 4 is 22.1 Å². The van der Waals surface area contributed by atoms with Gasteiger partial charge in [0.2, 0.25) is 0 Å². The van der Waals surface area contributed by atoms with Crippen LogP contribution in [0.3, 0.4) is 0 Å². The van der Waals surface area contributed by atoms with Gasteiger partial charge in [0, 0.05) is 0 Å². The number of hydrogen-bond donors (Lipinski definition) is 1. The summed E-state index contributed by atoms with van der Waals surface area (Å²) in [5.74, 6) is 0. The molecule has 2 heteroatoms. The standard InChI is InChI=1S/C5H6N.3C4H9.Sn/c1-5-2-3-6-4-5;3*1-3-4-2;/h2-3,6H,1H3;3*1,3-4H2,2H3;. The molecule has 0 atom stereocenters. The van der Waals surface area contributed by atoms with Gasteiger partial charge in [-0.2, -0.15) is 0 Å². The Kier molecular flexibility index (Phi) is 8.20. The second kappa shape index (κ2) is 9.10. The summed E-state index contributed by atoms with van der Waals surface area (Å²) >= 11 is -2.15. The Morgan fingerprint density at radius 2 is 1.37 bits per heavy atom. The van der Waals surface area contributed by atoms with Crippen molar-refractivity contribution in [3.63, 3.8) is 0 Å². The molecule has 1 heterocycles. The van der Waals surface area contributed by atoms with Crippen LogP contribution in [0.4, 0.5) is 0 Å². The Morgan fingerprint density at radius 3 is 1.68 bits per heavy atom. The van der Waals surface area contributed by atoms with E-state index in [1.165, 1.54) is 38.5 Å². The number of rotatable bonds is 10. The van der Waals surface area contributed by atoms with E-state index in [0.717, 1.165) is 0 Å². The Hall–Kier alpha value is 0.0787.